The van der Waals surface area contributed by atoms with Crippen LogP contribution in [0.2, 0.25) is 0 Å². The van der Waals surface area contributed by atoms with Crippen molar-refractivity contribution in [1.82, 2.24) is 0 Å². The fourth-order valence-corrected chi connectivity index (χ4v) is 2.22. The van der Waals surface area contributed by atoms with E-state index in [2.05, 4.69) is 5.32 Å². The summed E-state index contributed by atoms with van der Waals surface area (Å²) >= 11 is 1.69. The minimum Gasteiger partial charge on any atom is -0.497 e. The molecule has 0 saturated heterocycles. The van der Waals surface area contributed by atoms with Crippen LogP contribution < -0.4 is 10.1 Å². The van der Waals surface area contributed by atoms with Crippen molar-refractivity contribution in [2.45, 2.75) is 11.3 Å². The van der Waals surface area contributed by atoms with Gasteiger partial charge < -0.3 is 10.1 Å². The lowest BCUT2D eigenvalue weighted by atomic mass is 10.1. The molecule has 4 heteroatoms. The van der Waals surface area contributed by atoms with Gasteiger partial charge >= 0.3 is 0 Å². The number of hydrogen-bond donors (Lipinski definition) is 1. The fourth-order valence-electron chi connectivity index (χ4n) is 1.81. The molecule has 0 aliphatic heterocycles. The number of rotatable bonds is 5. The predicted molar refractivity (Wildman–Crippen MR) is 83.6 cm³/mol. The summed E-state index contributed by atoms with van der Waals surface area (Å²) in [7, 11) is 1.62. The molecule has 0 atom stereocenters. The number of carbonyl (C=O) groups excluding carboxylic acids is 1. The molecule has 0 aliphatic carbocycles. The van der Waals surface area contributed by atoms with Gasteiger partial charge in [0.2, 0.25) is 5.91 Å². The Labute approximate surface area is 123 Å². The van der Waals surface area contributed by atoms with Crippen LogP contribution >= 0.6 is 11.8 Å². The van der Waals surface area contributed by atoms with Crippen LogP contribution in [0.15, 0.2) is 53.4 Å². The lowest BCUT2D eigenvalue weighted by Crippen LogP contribution is -2.14. The second-order valence-electron chi connectivity index (χ2n) is 4.30. The number of thioether (sulfide) groups is 1. The Morgan fingerprint density at radius 2 is 1.75 bits per heavy atom. The molecule has 1 amide bonds. The number of methoxy groups -OCH3 is 1. The topological polar surface area (TPSA) is 38.3 Å². The first kappa shape index (κ1) is 14.5. The van der Waals surface area contributed by atoms with Gasteiger partial charge in [-0.3, -0.25) is 4.79 Å². The highest BCUT2D eigenvalue weighted by Gasteiger charge is 2.04. The molecule has 2 aromatic carbocycles. The van der Waals surface area contributed by atoms with E-state index in [1.165, 1.54) is 4.90 Å². The first-order valence-electron chi connectivity index (χ1n) is 6.28. The summed E-state index contributed by atoms with van der Waals surface area (Å²) in [6.45, 7) is 0. The summed E-state index contributed by atoms with van der Waals surface area (Å²) in [5, 5.41) is 2.87. The Balaban J connectivity index is 1.93. The quantitative estimate of drug-likeness (QED) is 0.854. The predicted octanol–water partition coefficient (Wildman–Crippen LogP) is 3.60. The first-order valence-corrected chi connectivity index (χ1v) is 7.50. The maximum Gasteiger partial charge on any atom is 0.228 e. The monoisotopic (exact) mass is 287 g/mol. The maximum atomic E-state index is 11.9. The third kappa shape index (κ3) is 4.03. The molecule has 104 valence electrons. The minimum atomic E-state index is -0.0212. The first-order chi connectivity index (χ1) is 9.71. The normalized spacial score (nSPS) is 10.1. The molecule has 0 heterocycles. The number of amides is 1. The van der Waals surface area contributed by atoms with Crippen molar-refractivity contribution >= 4 is 23.4 Å². The number of benzene rings is 2. The second kappa shape index (κ2) is 7.01. The van der Waals surface area contributed by atoms with Gasteiger partial charge in [-0.1, -0.05) is 12.1 Å². The molecular weight excluding hydrogens is 270 g/mol. The van der Waals surface area contributed by atoms with Gasteiger partial charge in [0, 0.05) is 10.6 Å². The van der Waals surface area contributed by atoms with E-state index >= 15 is 0 Å². The van der Waals surface area contributed by atoms with Crippen LogP contribution in [0.3, 0.4) is 0 Å². The molecule has 0 spiro atoms. The number of anilines is 1. The summed E-state index contributed by atoms with van der Waals surface area (Å²) in [5.74, 6) is 0.753. The summed E-state index contributed by atoms with van der Waals surface area (Å²) < 4.78 is 5.08. The number of hydrogen-bond acceptors (Lipinski definition) is 3. The molecule has 0 fully saturated rings. The van der Waals surface area contributed by atoms with E-state index in [0.29, 0.717) is 6.42 Å². The third-order valence-corrected chi connectivity index (χ3v) is 3.64. The van der Waals surface area contributed by atoms with Gasteiger partial charge in [-0.2, -0.15) is 0 Å². The molecule has 0 radical (unpaired) electrons. The zero-order chi connectivity index (χ0) is 14.4. The molecule has 3 nitrogen and oxygen atoms in total. The van der Waals surface area contributed by atoms with Crippen molar-refractivity contribution in [2.24, 2.45) is 0 Å². The Bertz CT molecular complexity index is 513. The summed E-state index contributed by atoms with van der Waals surface area (Å²) in [6, 6.07) is 15.3. The van der Waals surface area contributed by atoms with Crippen LogP contribution in [0.4, 0.5) is 5.69 Å². The highest BCUT2D eigenvalue weighted by atomic mass is 32.2. The molecule has 0 aromatic heterocycles. The number of ether oxygens (including phenoxy) is 1. The van der Waals surface area contributed by atoms with E-state index in [9.17, 15) is 4.79 Å². The summed E-state index contributed by atoms with van der Waals surface area (Å²) in [4.78, 5) is 13.1. The zero-order valence-electron chi connectivity index (χ0n) is 11.6. The molecule has 0 bridgehead atoms. The zero-order valence-corrected chi connectivity index (χ0v) is 12.4. The van der Waals surface area contributed by atoms with Crippen molar-refractivity contribution < 1.29 is 9.53 Å². The smallest absolute Gasteiger partial charge is 0.228 e. The standard InChI is InChI=1S/C16H17NO2S/c1-19-14-7-5-13(6-8-14)17-16(18)11-12-3-9-15(20-2)10-4-12/h3-10H,11H2,1-2H3,(H,17,18). The van der Waals surface area contributed by atoms with Crippen molar-refractivity contribution in [3.8, 4) is 5.75 Å². The summed E-state index contributed by atoms with van der Waals surface area (Å²) in [6.07, 6.45) is 2.41. The average Bonchev–Trinajstić information content (AvgIpc) is 2.49. The summed E-state index contributed by atoms with van der Waals surface area (Å²) in [5.41, 5.74) is 1.78. The molecule has 0 aliphatic rings. The minimum absolute atomic E-state index is 0.0212. The van der Waals surface area contributed by atoms with Gasteiger partial charge in [-0.25, -0.2) is 0 Å². The van der Waals surface area contributed by atoms with Crippen LogP contribution in [-0.4, -0.2) is 19.3 Å². The van der Waals surface area contributed by atoms with Gasteiger partial charge in [0.15, 0.2) is 0 Å². The molecule has 20 heavy (non-hydrogen) atoms. The molecule has 2 aromatic rings. The van der Waals surface area contributed by atoms with Gasteiger partial charge in [-0.15, -0.1) is 11.8 Å². The van der Waals surface area contributed by atoms with Crippen molar-refractivity contribution in [3.05, 3.63) is 54.1 Å². The van der Waals surface area contributed by atoms with Crippen LogP contribution in [-0.2, 0) is 11.2 Å². The highest BCUT2D eigenvalue weighted by Crippen LogP contribution is 2.17. The largest absolute Gasteiger partial charge is 0.497 e. The highest BCUT2D eigenvalue weighted by molar-refractivity contribution is 7.98. The Morgan fingerprint density at radius 3 is 2.30 bits per heavy atom. The SMILES string of the molecule is COc1ccc(NC(=O)Cc2ccc(SC)cc2)cc1. The Morgan fingerprint density at radius 1 is 1.10 bits per heavy atom. The Hall–Kier alpha value is -1.94. The number of nitrogens with one attached hydrogen (secondary N) is 1. The van der Waals surface area contributed by atoms with Crippen LogP contribution in [0.5, 0.6) is 5.75 Å². The van der Waals surface area contributed by atoms with E-state index in [1.807, 2.05) is 54.8 Å². The van der Waals surface area contributed by atoms with Crippen molar-refractivity contribution in [2.75, 3.05) is 18.7 Å². The Kier molecular flexibility index (Phi) is 5.07. The fraction of sp³-hybridized carbons (Fsp3) is 0.188. The van der Waals surface area contributed by atoms with Crippen LogP contribution in [0.1, 0.15) is 5.56 Å². The van der Waals surface area contributed by atoms with Gasteiger partial charge in [0.1, 0.15) is 5.75 Å². The maximum absolute atomic E-state index is 11.9. The lowest BCUT2D eigenvalue weighted by Gasteiger charge is -2.07. The molecule has 0 unspecified atom stereocenters. The van der Waals surface area contributed by atoms with Gasteiger partial charge in [0.05, 0.1) is 13.5 Å². The van der Waals surface area contributed by atoms with Gasteiger partial charge in [-0.05, 0) is 48.2 Å². The molecular formula is C16H17NO2S. The molecule has 0 saturated carbocycles. The number of carbonyl (C=O) groups is 1. The van der Waals surface area contributed by atoms with Crippen LogP contribution in [0, 0.1) is 0 Å². The van der Waals surface area contributed by atoms with Crippen molar-refractivity contribution in [3.63, 3.8) is 0 Å². The van der Waals surface area contributed by atoms with E-state index < -0.39 is 0 Å². The molecule has 1 N–H and O–H groups in total. The van der Waals surface area contributed by atoms with E-state index in [0.717, 1.165) is 17.0 Å². The van der Waals surface area contributed by atoms with Gasteiger partial charge in [0.25, 0.3) is 0 Å². The molecule has 2 rings (SSSR count). The van der Waals surface area contributed by atoms with E-state index in [1.54, 1.807) is 18.9 Å². The third-order valence-electron chi connectivity index (χ3n) is 2.90. The van der Waals surface area contributed by atoms with Crippen LogP contribution in [0.25, 0.3) is 0 Å². The van der Waals surface area contributed by atoms with E-state index in [-0.39, 0.29) is 5.91 Å². The van der Waals surface area contributed by atoms with Crippen molar-refractivity contribution in [1.29, 1.82) is 0 Å². The van der Waals surface area contributed by atoms with E-state index in [4.69, 9.17) is 4.74 Å². The average molecular weight is 287 g/mol. The second-order valence-corrected chi connectivity index (χ2v) is 5.18. The lowest BCUT2D eigenvalue weighted by molar-refractivity contribution is -0.115.